The molecule has 0 saturated heterocycles. The summed E-state index contributed by atoms with van der Waals surface area (Å²) in [6, 6.07) is -4.60. The molecular weight excluding hydrogens is 428 g/mol. The molecule has 0 aliphatic heterocycles. The van der Waals surface area contributed by atoms with Crippen molar-refractivity contribution < 1.29 is 29.4 Å². The number of H-pyrrole nitrogens is 1. The third-order valence-corrected chi connectivity index (χ3v) is 5.10. The molecule has 1 rings (SSSR count). The molecule has 0 spiro atoms. The summed E-state index contributed by atoms with van der Waals surface area (Å²) >= 11 is 4.03. The van der Waals surface area contributed by atoms with Crippen LogP contribution in [0.25, 0.3) is 0 Å². The van der Waals surface area contributed by atoms with Crippen molar-refractivity contribution in [1.29, 1.82) is 0 Å². The molecule has 13 heteroatoms. The number of imidazole rings is 1. The number of aliphatic carboxylic acids is 1. The first kappa shape index (κ1) is 26.4. The Morgan fingerprint density at radius 2 is 1.81 bits per heavy atom. The number of carbonyl (C=O) groups excluding carboxylic acids is 3. The molecule has 0 saturated carbocycles. The number of aromatic nitrogens is 2. The largest absolute Gasteiger partial charge is 0.480 e. The maximum Gasteiger partial charge on any atom is 0.328 e. The van der Waals surface area contributed by atoms with Crippen LogP contribution in [0.2, 0.25) is 0 Å². The number of carboxylic acid groups (broad SMARTS) is 1. The lowest BCUT2D eigenvalue weighted by Crippen LogP contribution is -2.59. The van der Waals surface area contributed by atoms with Gasteiger partial charge in [0.1, 0.15) is 18.1 Å². The number of amides is 3. The molecule has 8 N–H and O–H groups in total. The highest BCUT2D eigenvalue weighted by Gasteiger charge is 2.32. The number of hydrogen-bond donors (Lipinski definition) is 8. The molecule has 0 bridgehead atoms. The minimum Gasteiger partial charge on any atom is -0.480 e. The van der Waals surface area contributed by atoms with Gasteiger partial charge in [-0.15, -0.1) is 0 Å². The summed E-state index contributed by atoms with van der Waals surface area (Å²) < 4.78 is 0. The fraction of sp³-hybridized carbons (Fsp3) is 0.611. The Labute approximate surface area is 185 Å². The van der Waals surface area contributed by atoms with Crippen LogP contribution in [0.3, 0.4) is 0 Å². The number of aliphatic hydroxyl groups excluding tert-OH is 1. The first-order valence-corrected chi connectivity index (χ1v) is 10.4. The first-order chi connectivity index (χ1) is 14.6. The number of thiol groups is 1. The summed E-state index contributed by atoms with van der Waals surface area (Å²) in [5.74, 6) is -3.84. The van der Waals surface area contributed by atoms with Gasteiger partial charge < -0.3 is 36.9 Å². The Kier molecular flexibility index (Phi) is 11.0. The molecule has 0 fully saturated rings. The lowest BCUT2D eigenvalue weighted by Gasteiger charge is -2.27. The number of nitrogens with two attached hydrogens (primary N) is 1. The normalized spacial score (nSPS) is 15.8. The second-order valence-electron chi connectivity index (χ2n) is 7.08. The molecule has 31 heavy (non-hydrogen) atoms. The van der Waals surface area contributed by atoms with E-state index in [1.54, 1.807) is 13.1 Å². The van der Waals surface area contributed by atoms with E-state index in [-0.39, 0.29) is 18.1 Å². The van der Waals surface area contributed by atoms with Crippen molar-refractivity contribution in [3.8, 4) is 0 Å². The molecule has 0 aromatic carbocycles. The minimum absolute atomic E-state index is 0.129. The Morgan fingerprint density at radius 3 is 2.29 bits per heavy atom. The average molecular weight is 459 g/mol. The standard InChI is InChI=1S/C18H30N6O6S/c1-3-9(2)14(24-15(26)11(19)4-10-5-20-8-21-10)17(28)23-13(7-31)16(27)22-12(6-25)18(29)30/h5,8-9,11-14,25,31H,3-4,6-7,19H2,1-2H3,(H,20,21)(H,22,27)(H,23,28)(H,24,26)(H,29,30). The van der Waals surface area contributed by atoms with Crippen LogP contribution >= 0.6 is 12.6 Å². The second kappa shape index (κ2) is 12.9. The third-order valence-electron chi connectivity index (χ3n) is 4.74. The number of aliphatic hydroxyl groups is 1. The average Bonchev–Trinajstić information content (AvgIpc) is 3.25. The molecule has 0 radical (unpaired) electrons. The molecule has 1 heterocycles. The van der Waals surface area contributed by atoms with Crippen LogP contribution in [-0.2, 0) is 25.6 Å². The Morgan fingerprint density at radius 1 is 1.16 bits per heavy atom. The zero-order chi connectivity index (χ0) is 23.6. The van der Waals surface area contributed by atoms with Crippen LogP contribution in [0.15, 0.2) is 12.5 Å². The molecule has 1 aromatic rings. The lowest BCUT2D eigenvalue weighted by molar-refractivity contribution is -0.143. The second-order valence-corrected chi connectivity index (χ2v) is 7.45. The van der Waals surface area contributed by atoms with E-state index in [2.05, 4.69) is 38.5 Å². The summed E-state index contributed by atoms with van der Waals surface area (Å²) in [5, 5.41) is 25.2. The number of hydrogen-bond acceptors (Lipinski definition) is 8. The predicted molar refractivity (Wildman–Crippen MR) is 114 cm³/mol. The van der Waals surface area contributed by atoms with E-state index in [4.69, 9.17) is 15.9 Å². The number of carboxylic acids is 1. The van der Waals surface area contributed by atoms with Gasteiger partial charge in [-0.2, -0.15) is 12.6 Å². The van der Waals surface area contributed by atoms with Gasteiger partial charge in [0.05, 0.1) is 19.0 Å². The van der Waals surface area contributed by atoms with E-state index in [0.717, 1.165) is 0 Å². The van der Waals surface area contributed by atoms with Crippen molar-refractivity contribution in [2.75, 3.05) is 12.4 Å². The van der Waals surface area contributed by atoms with E-state index >= 15 is 0 Å². The van der Waals surface area contributed by atoms with E-state index < -0.39 is 54.5 Å². The summed E-state index contributed by atoms with van der Waals surface area (Å²) in [4.78, 5) is 55.3. The first-order valence-electron chi connectivity index (χ1n) is 9.72. The van der Waals surface area contributed by atoms with Crippen LogP contribution in [0.5, 0.6) is 0 Å². The van der Waals surface area contributed by atoms with Gasteiger partial charge in [0.15, 0.2) is 0 Å². The highest BCUT2D eigenvalue weighted by Crippen LogP contribution is 2.09. The van der Waals surface area contributed by atoms with Crippen LogP contribution in [0.1, 0.15) is 26.0 Å². The fourth-order valence-corrected chi connectivity index (χ4v) is 2.86. The number of nitrogens with one attached hydrogen (secondary N) is 4. The van der Waals surface area contributed by atoms with Crippen LogP contribution in [0, 0.1) is 5.92 Å². The van der Waals surface area contributed by atoms with Crippen molar-refractivity contribution in [2.24, 2.45) is 11.7 Å². The Balaban J connectivity index is 2.82. The van der Waals surface area contributed by atoms with Gasteiger partial charge in [-0.3, -0.25) is 14.4 Å². The minimum atomic E-state index is -1.52. The number of carbonyl (C=O) groups is 4. The number of rotatable bonds is 13. The van der Waals surface area contributed by atoms with Crippen molar-refractivity contribution in [2.45, 2.75) is 50.9 Å². The van der Waals surface area contributed by atoms with Crippen molar-refractivity contribution >= 4 is 36.3 Å². The fourth-order valence-electron chi connectivity index (χ4n) is 2.60. The molecule has 5 atom stereocenters. The quantitative estimate of drug-likeness (QED) is 0.152. The van der Waals surface area contributed by atoms with E-state index in [1.807, 2.05) is 6.92 Å². The van der Waals surface area contributed by atoms with Crippen LogP contribution in [0.4, 0.5) is 0 Å². The molecule has 12 nitrogen and oxygen atoms in total. The monoisotopic (exact) mass is 458 g/mol. The summed E-state index contributed by atoms with van der Waals surface area (Å²) in [6.45, 7) is 2.78. The van der Waals surface area contributed by atoms with Gasteiger partial charge in [0.2, 0.25) is 17.7 Å². The molecule has 0 aliphatic rings. The smallest absolute Gasteiger partial charge is 0.328 e. The van der Waals surface area contributed by atoms with Gasteiger partial charge in [0, 0.05) is 24.1 Å². The third kappa shape index (κ3) is 8.19. The van der Waals surface area contributed by atoms with E-state index in [0.29, 0.717) is 12.1 Å². The molecule has 3 amide bonds. The van der Waals surface area contributed by atoms with Gasteiger partial charge in [-0.25, -0.2) is 9.78 Å². The van der Waals surface area contributed by atoms with Gasteiger partial charge in [-0.1, -0.05) is 20.3 Å². The molecule has 0 aliphatic carbocycles. The topological polar surface area (TPSA) is 200 Å². The predicted octanol–water partition coefficient (Wildman–Crippen LogP) is -2.21. The highest BCUT2D eigenvalue weighted by atomic mass is 32.1. The number of aromatic amines is 1. The summed E-state index contributed by atoms with van der Waals surface area (Å²) in [6.07, 6.45) is 3.75. The zero-order valence-corrected chi connectivity index (χ0v) is 18.3. The van der Waals surface area contributed by atoms with Crippen LogP contribution < -0.4 is 21.7 Å². The van der Waals surface area contributed by atoms with Crippen molar-refractivity contribution in [3.05, 3.63) is 18.2 Å². The summed E-state index contributed by atoms with van der Waals surface area (Å²) in [5.41, 5.74) is 6.59. The van der Waals surface area contributed by atoms with Crippen molar-refractivity contribution in [3.63, 3.8) is 0 Å². The Hall–Kier alpha value is -2.64. The Bertz CT molecular complexity index is 746. The molecular formula is C18H30N6O6S. The highest BCUT2D eigenvalue weighted by molar-refractivity contribution is 7.80. The molecule has 174 valence electrons. The maximum atomic E-state index is 12.8. The number of nitrogens with zero attached hydrogens (tertiary/aromatic N) is 1. The van der Waals surface area contributed by atoms with Gasteiger partial charge >= 0.3 is 5.97 Å². The van der Waals surface area contributed by atoms with E-state index in [1.165, 1.54) is 6.33 Å². The lowest BCUT2D eigenvalue weighted by atomic mass is 9.97. The molecule has 1 aromatic heterocycles. The maximum absolute atomic E-state index is 12.8. The summed E-state index contributed by atoms with van der Waals surface area (Å²) in [7, 11) is 0. The molecule has 5 unspecified atom stereocenters. The van der Waals surface area contributed by atoms with Crippen LogP contribution in [-0.4, -0.2) is 80.4 Å². The SMILES string of the molecule is CCC(C)C(NC(=O)C(N)Cc1cnc[nH]1)C(=O)NC(CS)C(=O)NC(CO)C(=O)O. The van der Waals surface area contributed by atoms with Crippen molar-refractivity contribution in [1.82, 2.24) is 25.9 Å². The van der Waals surface area contributed by atoms with Gasteiger partial charge in [-0.05, 0) is 5.92 Å². The van der Waals surface area contributed by atoms with Gasteiger partial charge in [0.25, 0.3) is 0 Å². The zero-order valence-electron chi connectivity index (χ0n) is 17.4. The van der Waals surface area contributed by atoms with E-state index in [9.17, 15) is 19.2 Å².